The first-order valence-electron chi connectivity index (χ1n) is 9.56. The number of nitrogens with one attached hydrogen (secondary N) is 2. The first-order chi connectivity index (χ1) is 14.2. The van der Waals surface area contributed by atoms with Crippen LogP contribution in [0.2, 0.25) is 0 Å². The third-order valence-corrected chi connectivity index (χ3v) is 5.44. The summed E-state index contributed by atoms with van der Waals surface area (Å²) in [6.45, 7) is 0. The average Bonchev–Trinajstić information content (AvgIpc) is 3.42. The van der Waals surface area contributed by atoms with Crippen LogP contribution in [0.3, 0.4) is 0 Å². The van der Waals surface area contributed by atoms with Crippen LogP contribution in [0, 0.1) is 0 Å². The van der Waals surface area contributed by atoms with Crippen LogP contribution in [-0.2, 0) is 6.42 Å². The summed E-state index contributed by atoms with van der Waals surface area (Å²) in [7, 11) is 1.67. The number of amides is 1. The van der Waals surface area contributed by atoms with Gasteiger partial charge in [-0.05, 0) is 71.7 Å². The molecule has 0 saturated carbocycles. The summed E-state index contributed by atoms with van der Waals surface area (Å²) < 4.78 is 6.90. The molecule has 2 N–H and O–H groups in total. The molecule has 0 aliphatic heterocycles. The zero-order valence-electron chi connectivity index (χ0n) is 15.9. The van der Waals surface area contributed by atoms with Crippen LogP contribution in [0.15, 0.2) is 48.8 Å². The molecule has 146 valence electrons. The van der Waals surface area contributed by atoms with Crippen molar-refractivity contribution < 1.29 is 9.53 Å². The summed E-state index contributed by atoms with van der Waals surface area (Å²) >= 11 is 0. The fourth-order valence-electron chi connectivity index (χ4n) is 4.02. The Morgan fingerprint density at radius 3 is 3.03 bits per heavy atom. The number of aryl methyl sites for hydroxylation is 1. The Bertz CT molecular complexity index is 1180. The fraction of sp³-hybridized carbons (Fsp3) is 0.238. The normalized spacial score (nSPS) is 15.8. The van der Waals surface area contributed by atoms with Crippen molar-refractivity contribution >= 4 is 16.8 Å². The molecule has 0 spiro atoms. The molecular formula is C21H20N6O2. The van der Waals surface area contributed by atoms with Gasteiger partial charge in [-0.15, -0.1) is 5.10 Å². The Morgan fingerprint density at radius 2 is 2.21 bits per heavy atom. The lowest BCUT2D eigenvalue weighted by Crippen LogP contribution is -2.31. The number of fused-ring (bicyclic) bond motifs is 3. The van der Waals surface area contributed by atoms with Crippen molar-refractivity contribution in [1.29, 1.82) is 0 Å². The number of hydrogen-bond acceptors (Lipinski definition) is 5. The van der Waals surface area contributed by atoms with E-state index in [4.69, 9.17) is 4.74 Å². The van der Waals surface area contributed by atoms with Crippen LogP contribution in [-0.4, -0.2) is 38.2 Å². The van der Waals surface area contributed by atoms with Crippen LogP contribution in [0.1, 0.15) is 40.5 Å². The molecule has 0 radical (unpaired) electrons. The minimum absolute atomic E-state index is 0.0543. The second kappa shape index (κ2) is 7.05. The minimum atomic E-state index is -0.117. The van der Waals surface area contributed by atoms with Gasteiger partial charge in [0.15, 0.2) is 0 Å². The molecule has 0 bridgehead atoms. The van der Waals surface area contributed by atoms with E-state index in [-0.39, 0.29) is 11.9 Å². The Labute approximate surface area is 166 Å². The highest BCUT2D eigenvalue weighted by atomic mass is 16.5. The van der Waals surface area contributed by atoms with Gasteiger partial charge in [0, 0.05) is 22.2 Å². The van der Waals surface area contributed by atoms with Gasteiger partial charge in [0.2, 0.25) is 0 Å². The van der Waals surface area contributed by atoms with E-state index in [1.165, 1.54) is 22.0 Å². The highest BCUT2D eigenvalue weighted by Gasteiger charge is 2.26. The summed E-state index contributed by atoms with van der Waals surface area (Å²) in [4.78, 5) is 16.5. The van der Waals surface area contributed by atoms with Crippen LogP contribution in [0.25, 0.3) is 16.6 Å². The quantitative estimate of drug-likeness (QED) is 0.560. The van der Waals surface area contributed by atoms with Gasteiger partial charge in [-0.25, -0.2) is 4.68 Å². The fourth-order valence-corrected chi connectivity index (χ4v) is 4.02. The molecule has 1 atom stereocenters. The predicted octanol–water partition coefficient (Wildman–Crippen LogP) is 2.96. The van der Waals surface area contributed by atoms with Crippen molar-refractivity contribution in [2.75, 3.05) is 7.11 Å². The van der Waals surface area contributed by atoms with Gasteiger partial charge in [0.1, 0.15) is 12.1 Å². The third kappa shape index (κ3) is 3.12. The van der Waals surface area contributed by atoms with Gasteiger partial charge >= 0.3 is 0 Å². The molecule has 2 heterocycles. The second-order valence-electron chi connectivity index (χ2n) is 7.15. The maximum absolute atomic E-state index is 13.0. The molecule has 2 aromatic carbocycles. The molecular weight excluding hydrogens is 368 g/mol. The Balaban J connectivity index is 1.43. The molecule has 2 aromatic heterocycles. The van der Waals surface area contributed by atoms with E-state index < -0.39 is 0 Å². The highest BCUT2D eigenvalue weighted by molar-refractivity contribution is 5.95. The number of carbonyl (C=O) groups excluding carboxylic acids is 1. The van der Waals surface area contributed by atoms with Gasteiger partial charge in [-0.2, -0.15) is 0 Å². The number of rotatable bonds is 4. The Hall–Kier alpha value is -3.68. The summed E-state index contributed by atoms with van der Waals surface area (Å²) in [5.41, 5.74) is 4.73. The van der Waals surface area contributed by atoms with Crippen LogP contribution >= 0.6 is 0 Å². The number of carbonyl (C=O) groups is 1. The summed E-state index contributed by atoms with van der Waals surface area (Å²) in [6, 6.07) is 13.2. The van der Waals surface area contributed by atoms with Crippen molar-refractivity contribution in [1.82, 2.24) is 30.5 Å². The molecule has 1 aliphatic rings. The largest absolute Gasteiger partial charge is 0.497 e. The molecule has 29 heavy (non-hydrogen) atoms. The number of hydrogen-bond donors (Lipinski definition) is 2. The molecule has 4 aromatic rings. The van der Waals surface area contributed by atoms with E-state index in [2.05, 4.69) is 31.9 Å². The number of aromatic nitrogens is 5. The highest BCUT2D eigenvalue weighted by Crippen LogP contribution is 2.36. The monoisotopic (exact) mass is 388 g/mol. The first-order valence-corrected chi connectivity index (χ1v) is 9.56. The molecule has 1 amide bonds. The molecule has 8 heteroatoms. The number of ether oxygens (including phenoxy) is 1. The van der Waals surface area contributed by atoms with E-state index in [1.807, 2.05) is 24.3 Å². The zero-order chi connectivity index (χ0) is 19.8. The number of nitrogens with zero attached hydrogens (tertiary/aromatic N) is 4. The molecule has 8 nitrogen and oxygen atoms in total. The zero-order valence-corrected chi connectivity index (χ0v) is 15.9. The summed E-state index contributed by atoms with van der Waals surface area (Å²) in [6.07, 6.45) is 4.41. The second-order valence-corrected chi connectivity index (χ2v) is 7.15. The maximum Gasteiger partial charge on any atom is 0.251 e. The Morgan fingerprint density at radius 1 is 1.28 bits per heavy atom. The van der Waals surface area contributed by atoms with Gasteiger partial charge in [0.25, 0.3) is 5.91 Å². The minimum Gasteiger partial charge on any atom is -0.497 e. The Kier molecular flexibility index (Phi) is 4.23. The van der Waals surface area contributed by atoms with Gasteiger partial charge in [-0.3, -0.25) is 4.79 Å². The van der Waals surface area contributed by atoms with Crippen LogP contribution < -0.4 is 10.1 Å². The number of aromatic amines is 1. The third-order valence-electron chi connectivity index (χ3n) is 5.44. The van der Waals surface area contributed by atoms with Crippen LogP contribution in [0.5, 0.6) is 5.75 Å². The van der Waals surface area contributed by atoms with E-state index >= 15 is 0 Å². The first kappa shape index (κ1) is 17.4. The van der Waals surface area contributed by atoms with Crippen molar-refractivity contribution in [3.05, 3.63) is 65.6 Å². The molecule has 5 rings (SSSR count). The van der Waals surface area contributed by atoms with E-state index in [1.54, 1.807) is 19.2 Å². The maximum atomic E-state index is 13.0. The molecule has 1 aliphatic carbocycles. The van der Waals surface area contributed by atoms with Crippen molar-refractivity contribution in [3.63, 3.8) is 0 Å². The van der Waals surface area contributed by atoms with Crippen molar-refractivity contribution in [2.45, 2.75) is 25.3 Å². The number of methoxy groups -OCH3 is 1. The number of tetrazole rings is 1. The molecule has 0 saturated heterocycles. The van der Waals surface area contributed by atoms with Crippen molar-refractivity contribution in [3.8, 4) is 11.4 Å². The number of benzene rings is 2. The molecule has 1 unspecified atom stereocenters. The number of H-pyrrole nitrogens is 1. The SMILES string of the molecule is COc1ccc2[nH]c3c(c2c1)CCCC3NC(=O)c1cccc(-n2cnnn2)c1. The van der Waals surface area contributed by atoms with E-state index in [0.29, 0.717) is 5.56 Å². The lowest BCUT2D eigenvalue weighted by atomic mass is 9.91. The lowest BCUT2D eigenvalue weighted by molar-refractivity contribution is 0.0932. The lowest BCUT2D eigenvalue weighted by Gasteiger charge is -2.24. The van der Waals surface area contributed by atoms with Gasteiger partial charge in [-0.1, -0.05) is 6.07 Å². The topological polar surface area (TPSA) is 97.7 Å². The standard InChI is InChI=1S/C21H20N6O2/c1-29-15-8-9-18-17(11-15)16-6-3-7-19(20(16)23-18)24-21(28)13-4-2-5-14(10-13)27-12-22-25-26-27/h2,4-5,8-12,19,23H,3,6-7H2,1H3,(H,24,28). The summed E-state index contributed by atoms with van der Waals surface area (Å²) in [5, 5.41) is 15.5. The predicted molar refractivity (Wildman–Crippen MR) is 107 cm³/mol. The molecule has 0 fully saturated rings. The van der Waals surface area contributed by atoms with Crippen LogP contribution in [0.4, 0.5) is 0 Å². The van der Waals surface area contributed by atoms with Gasteiger partial charge in [0.05, 0.1) is 18.8 Å². The van der Waals surface area contributed by atoms with Crippen molar-refractivity contribution in [2.24, 2.45) is 0 Å². The summed E-state index contributed by atoms with van der Waals surface area (Å²) in [5.74, 6) is 0.721. The smallest absolute Gasteiger partial charge is 0.251 e. The average molecular weight is 388 g/mol. The van der Waals surface area contributed by atoms with Gasteiger partial charge < -0.3 is 15.0 Å². The van der Waals surface area contributed by atoms with E-state index in [0.717, 1.165) is 41.9 Å². The van der Waals surface area contributed by atoms with E-state index in [9.17, 15) is 4.79 Å².